The van der Waals surface area contributed by atoms with Gasteiger partial charge in [-0.05, 0) is 30.3 Å². The molecule has 1 aromatic carbocycles. The van der Waals surface area contributed by atoms with Gasteiger partial charge in [0.2, 0.25) is 5.88 Å². The van der Waals surface area contributed by atoms with Gasteiger partial charge in [-0.15, -0.1) is 0 Å². The number of halogens is 2. The van der Waals surface area contributed by atoms with Crippen LogP contribution in [0.15, 0.2) is 46.2 Å². The monoisotopic (exact) mass is 325 g/mol. The second-order valence-electron chi connectivity index (χ2n) is 3.52. The first-order valence-electron chi connectivity index (χ1n) is 5.17. The van der Waals surface area contributed by atoms with Crippen LogP contribution >= 0.6 is 15.9 Å². The molecule has 0 radical (unpaired) electrons. The number of ether oxygens (including phenoxy) is 1. The van der Waals surface area contributed by atoms with E-state index in [0.29, 0.717) is 4.47 Å². The molecule has 0 saturated carbocycles. The van der Waals surface area contributed by atoms with E-state index in [0.717, 1.165) is 0 Å². The van der Waals surface area contributed by atoms with E-state index in [1.807, 2.05) is 0 Å². The van der Waals surface area contributed by atoms with Crippen LogP contribution in [0.1, 0.15) is 5.56 Å². The highest BCUT2D eigenvalue weighted by Crippen LogP contribution is 2.28. The van der Waals surface area contributed by atoms with E-state index in [1.54, 1.807) is 18.2 Å². The van der Waals surface area contributed by atoms with Crippen molar-refractivity contribution in [2.24, 2.45) is 10.9 Å². The molecule has 19 heavy (non-hydrogen) atoms. The lowest BCUT2D eigenvalue weighted by Gasteiger charge is -2.09. The van der Waals surface area contributed by atoms with Crippen LogP contribution in [-0.4, -0.2) is 16.0 Å². The molecule has 5 nitrogen and oxygen atoms in total. The summed E-state index contributed by atoms with van der Waals surface area (Å²) >= 11 is 3.22. The number of oxime groups is 1. The molecule has 0 aliphatic rings. The second kappa shape index (κ2) is 5.66. The van der Waals surface area contributed by atoms with Gasteiger partial charge in [-0.25, -0.2) is 9.37 Å². The van der Waals surface area contributed by atoms with Crippen molar-refractivity contribution >= 4 is 21.8 Å². The molecule has 0 spiro atoms. The number of benzene rings is 1. The summed E-state index contributed by atoms with van der Waals surface area (Å²) in [5.74, 6) is -0.673. The van der Waals surface area contributed by atoms with E-state index in [1.165, 1.54) is 18.3 Å². The molecular weight excluding hydrogens is 317 g/mol. The molecule has 0 atom stereocenters. The van der Waals surface area contributed by atoms with E-state index in [2.05, 4.69) is 26.1 Å². The van der Waals surface area contributed by atoms with Crippen molar-refractivity contribution in [3.63, 3.8) is 0 Å². The maximum atomic E-state index is 13.6. The molecule has 0 bridgehead atoms. The van der Waals surface area contributed by atoms with Crippen molar-refractivity contribution in [2.75, 3.05) is 0 Å². The Kier molecular flexibility index (Phi) is 3.96. The first-order chi connectivity index (χ1) is 9.11. The largest absolute Gasteiger partial charge is 0.435 e. The Bertz CT molecular complexity index is 634. The van der Waals surface area contributed by atoms with Crippen molar-refractivity contribution in [2.45, 2.75) is 0 Å². The van der Waals surface area contributed by atoms with E-state index < -0.39 is 5.82 Å². The maximum Gasteiger partial charge on any atom is 0.230 e. The molecule has 0 fully saturated rings. The Morgan fingerprint density at radius 3 is 2.95 bits per heavy atom. The lowest BCUT2D eigenvalue weighted by atomic mass is 10.2. The molecule has 0 saturated heterocycles. The molecule has 98 valence electrons. The molecule has 1 heterocycles. The van der Waals surface area contributed by atoms with Gasteiger partial charge in [-0.1, -0.05) is 21.1 Å². The molecule has 3 N–H and O–H groups in total. The number of aromatic nitrogens is 1. The summed E-state index contributed by atoms with van der Waals surface area (Å²) in [6.07, 6.45) is 1.46. The highest BCUT2D eigenvalue weighted by Gasteiger charge is 2.12. The van der Waals surface area contributed by atoms with Crippen LogP contribution in [0.25, 0.3) is 0 Å². The van der Waals surface area contributed by atoms with Gasteiger partial charge in [0.05, 0.1) is 5.56 Å². The average molecular weight is 326 g/mol. The summed E-state index contributed by atoms with van der Waals surface area (Å²) in [6, 6.07) is 7.40. The number of amidine groups is 1. The van der Waals surface area contributed by atoms with Crippen molar-refractivity contribution in [1.29, 1.82) is 0 Å². The molecule has 0 aliphatic carbocycles. The fraction of sp³-hybridized carbons (Fsp3) is 0. The minimum Gasteiger partial charge on any atom is -0.435 e. The predicted octanol–water partition coefficient (Wildman–Crippen LogP) is 2.87. The maximum absolute atomic E-state index is 13.6. The molecule has 0 unspecified atom stereocenters. The van der Waals surface area contributed by atoms with Gasteiger partial charge >= 0.3 is 0 Å². The lowest BCUT2D eigenvalue weighted by Crippen LogP contribution is -2.14. The summed E-state index contributed by atoms with van der Waals surface area (Å²) in [5.41, 5.74) is 5.76. The van der Waals surface area contributed by atoms with Crippen molar-refractivity contribution in [3.05, 3.63) is 52.4 Å². The molecule has 0 aliphatic heterocycles. The first kappa shape index (κ1) is 13.3. The number of nitrogens with zero attached hydrogens (tertiary/aromatic N) is 2. The zero-order chi connectivity index (χ0) is 13.8. The predicted molar refractivity (Wildman–Crippen MR) is 70.9 cm³/mol. The third kappa shape index (κ3) is 3.00. The third-order valence-electron chi connectivity index (χ3n) is 2.25. The van der Waals surface area contributed by atoms with Crippen LogP contribution in [0.5, 0.6) is 11.6 Å². The Morgan fingerprint density at radius 1 is 1.42 bits per heavy atom. The number of pyridine rings is 1. The Hall–Kier alpha value is -2.15. The Balaban J connectivity index is 2.41. The average Bonchev–Trinajstić information content (AvgIpc) is 2.42. The number of hydrogen-bond donors (Lipinski definition) is 2. The summed E-state index contributed by atoms with van der Waals surface area (Å²) in [4.78, 5) is 3.94. The molecule has 7 heteroatoms. The fourth-order valence-electron chi connectivity index (χ4n) is 1.38. The second-order valence-corrected chi connectivity index (χ2v) is 4.43. The lowest BCUT2D eigenvalue weighted by molar-refractivity contribution is 0.318. The Labute approximate surface area is 116 Å². The van der Waals surface area contributed by atoms with Gasteiger partial charge in [0.1, 0.15) is 0 Å². The van der Waals surface area contributed by atoms with Gasteiger partial charge in [-0.2, -0.15) is 0 Å². The SMILES string of the molecule is N/C(=N/O)c1cccnc1Oc1cc(Br)ccc1F. The highest BCUT2D eigenvalue weighted by molar-refractivity contribution is 9.10. The van der Waals surface area contributed by atoms with Crippen LogP contribution in [0.3, 0.4) is 0 Å². The minimum absolute atomic E-state index is 0.0138. The van der Waals surface area contributed by atoms with Gasteiger partial charge in [-0.3, -0.25) is 0 Å². The topological polar surface area (TPSA) is 80.7 Å². The summed E-state index contributed by atoms with van der Waals surface area (Å²) < 4.78 is 19.6. The smallest absolute Gasteiger partial charge is 0.230 e. The zero-order valence-electron chi connectivity index (χ0n) is 9.55. The van der Waals surface area contributed by atoms with E-state index in [-0.39, 0.29) is 23.0 Å². The number of hydrogen-bond acceptors (Lipinski definition) is 4. The highest BCUT2D eigenvalue weighted by atomic mass is 79.9. The molecule has 0 amide bonds. The molecular formula is C12H9BrFN3O2. The Morgan fingerprint density at radius 2 is 2.21 bits per heavy atom. The third-order valence-corrected chi connectivity index (χ3v) is 2.75. The minimum atomic E-state index is -0.542. The number of rotatable bonds is 3. The van der Waals surface area contributed by atoms with Crippen molar-refractivity contribution in [1.82, 2.24) is 4.98 Å². The molecule has 2 aromatic rings. The zero-order valence-corrected chi connectivity index (χ0v) is 11.1. The number of nitrogens with two attached hydrogens (primary N) is 1. The van der Waals surface area contributed by atoms with Crippen LogP contribution in [0, 0.1) is 5.82 Å². The van der Waals surface area contributed by atoms with Crippen molar-refractivity contribution in [3.8, 4) is 11.6 Å². The fourth-order valence-corrected chi connectivity index (χ4v) is 1.72. The standard InChI is InChI=1S/C12H9BrFN3O2/c13-7-3-4-9(14)10(6-7)19-12-8(11(15)17-18)2-1-5-16-12/h1-6,18H,(H2,15,17). The van der Waals surface area contributed by atoms with Gasteiger partial charge in [0.25, 0.3) is 0 Å². The molecule has 1 aromatic heterocycles. The van der Waals surface area contributed by atoms with Crippen LogP contribution in [-0.2, 0) is 0 Å². The normalized spacial score (nSPS) is 11.4. The van der Waals surface area contributed by atoms with E-state index in [9.17, 15) is 4.39 Å². The summed E-state index contributed by atoms with van der Waals surface area (Å²) in [6.45, 7) is 0. The summed E-state index contributed by atoms with van der Waals surface area (Å²) in [5, 5.41) is 11.5. The van der Waals surface area contributed by atoms with Crippen LogP contribution in [0.4, 0.5) is 4.39 Å². The summed E-state index contributed by atoms with van der Waals surface area (Å²) in [7, 11) is 0. The van der Waals surface area contributed by atoms with Crippen LogP contribution in [0.2, 0.25) is 0 Å². The quantitative estimate of drug-likeness (QED) is 0.393. The first-order valence-corrected chi connectivity index (χ1v) is 5.97. The molecule has 2 rings (SSSR count). The van der Waals surface area contributed by atoms with Gasteiger partial charge in [0, 0.05) is 10.7 Å². The van der Waals surface area contributed by atoms with E-state index >= 15 is 0 Å². The van der Waals surface area contributed by atoms with Gasteiger partial charge < -0.3 is 15.7 Å². The van der Waals surface area contributed by atoms with Crippen LogP contribution < -0.4 is 10.5 Å². The van der Waals surface area contributed by atoms with E-state index in [4.69, 9.17) is 15.7 Å². The van der Waals surface area contributed by atoms with Gasteiger partial charge in [0.15, 0.2) is 17.4 Å². The van der Waals surface area contributed by atoms with Crippen molar-refractivity contribution < 1.29 is 14.3 Å².